The first-order chi connectivity index (χ1) is 12.3. The van der Waals surface area contributed by atoms with Gasteiger partial charge >= 0.3 is 0 Å². The highest BCUT2D eigenvalue weighted by molar-refractivity contribution is 6.30. The van der Waals surface area contributed by atoms with Gasteiger partial charge in [0.2, 0.25) is 0 Å². The van der Waals surface area contributed by atoms with Crippen LogP contribution in [0.5, 0.6) is 5.75 Å². The number of carbonyl (C=O) groups is 1. The zero-order valence-corrected chi connectivity index (χ0v) is 16.8. The van der Waals surface area contributed by atoms with Gasteiger partial charge in [-0.2, -0.15) is 0 Å². The van der Waals surface area contributed by atoms with Crippen molar-refractivity contribution in [3.63, 3.8) is 0 Å². The van der Waals surface area contributed by atoms with Gasteiger partial charge in [-0.05, 0) is 60.6 Å². The largest absolute Gasteiger partial charge is 0.481 e. The van der Waals surface area contributed by atoms with Crippen molar-refractivity contribution < 1.29 is 9.53 Å². The average Bonchev–Trinajstić information content (AvgIpc) is 2.59. The molecule has 0 bridgehead atoms. The van der Waals surface area contributed by atoms with Crippen LogP contribution in [0.1, 0.15) is 45.2 Å². The van der Waals surface area contributed by atoms with Gasteiger partial charge in [0, 0.05) is 11.6 Å². The normalized spacial score (nSPS) is 12.5. The molecule has 1 amide bonds. The number of halogens is 1. The van der Waals surface area contributed by atoms with Gasteiger partial charge in [0.05, 0.1) is 0 Å². The first-order valence-electron chi connectivity index (χ1n) is 9.05. The van der Waals surface area contributed by atoms with E-state index in [0.29, 0.717) is 12.3 Å². The van der Waals surface area contributed by atoms with Gasteiger partial charge in [0.1, 0.15) is 5.75 Å². The predicted octanol–water partition coefficient (Wildman–Crippen LogP) is 5.15. The van der Waals surface area contributed by atoms with Crippen molar-refractivity contribution in [2.75, 3.05) is 6.54 Å². The lowest BCUT2D eigenvalue weighted by molar-refractivity contribution is -0.127. The van der Waals surface area contributed by atoms with Gasteiger partial charge in [-0.15, -0.1) is 0 Å². The maximum atomic E-state index is 12.2. The summed E-state index contributed by atoms with van der Waals surface area (Å²) >= 11 is 5.88. The summed E-state index contributed by atoms with van der Waals surface area (Å²) in [7, 11) is 0. The monoisotopic (exact) mass is 373 g/mol. The summed E-state index contributed by atoms with van der Waals surface area (Å²) in [6.45, 7) is 8.90. The highest BCUT2D eigenvalue weighted by Crippen LogP contribution is 2.24. The zero-order chi connectivity index (χ0) is 19.2. The van der Waals surface area contributed by atoms with Crippen LogP contribution in [0, 0.1) is 0 Å². The second-order valence-electron chi connectivity index (χ2n) is 7.56. The molecule has 0 aliphatic rings. The van der Waals surface area contributed by atoms with Crippen LogP contribution in [0.15, 0.2) is 48.5 Å². The van der Waals surface area contributed by atoms with Crippen LogP contribution in [-0.2, 0) is 16.6 Å². The van der Waals surface area contributed by atoms with Crippen LogP contribution in [-0.4, -0.2) is 18.6 Å². The highest BCUT2D eigenvalue weighted by Gasteiger charge is 2.16. The first-order valence-corrected chi connectivity index (χ1v) is 9.43. The van der Waals surface area contributed by atoms with Gasteiger partial charge in [-0.3, -0.25) is 4.79 Å². The van der Waals surface area contributed by atoms with E-state index in [1.165, 1.54) is 11.1 Å². The molecular weight excluding hydrogens is 346 g/mol. The molecule has 0 aromatic heterocycles. The lowest BCUT2D eigenvalue weighted by Crippen LogP contribution is -2.36. The van der Waals surface area contributed by atoms with E-state index < -0.39 is 6.10 Å². The zero-order valence-electron chi connectivity index (χ0n) is 16.0. The maximum absolute atomic E-state index is 12.2. The molecule has 2 aromatic carbocycles. The molecule has 0 heterocycles. The molecule has 0 aliphatic carbocycles. The van der Waals surface area contributed by atoms with E-state index in [1.807, 2.05) is 48.5 Å². The molecule has 0 unspecified atom stereocenters. The molecule has 1 N–H and O–H groups in total. The fourth-order valence-corrected chi connectivity index (χ4v) is 2.72. The summed E-state index contributed by atoms with van der Waals surface area (Å²) < 4.78 is 5.75. The smallest absolute Gasteiger partial charge is 0.260 e. The summed E-state index contributed by atoms with van der Waals surface area (Å²) in [5.74, 6) is 0.614. The highest BCUT2D eigenvalue weighted by atomic mass is 35.5. The van der Waals surface area contributed by atoms with Crippen molar-refractivity contribution in [2.24, 2.45) is 0 Å². The lowest BCUT2D eigenvalue weighted by atomic mass is 9.87. The molecule has 0 aliphatic heterocycles. The fourth-order valence-electron chi connectivity index (χ4n) is 2.59. The predicted molar refractivity (Wildman–Crippen MR) is 108 cm³/mol. The van der Waals surface area contributed by atoms with Crippen molar-refractivity contribution in [1.82, 2.24) is 5.32 Å². The number of carbonyl (C=O) groups excluding carboxylic acids is 1. The molecule has 0 radical (unpaired) electrons. The minimum atomic E-state index is -0.522. The molecule has 1 atom stereocenters. The van der Waals surface area contributed by atoms with Gasteiger partial charge in [0.25, 0.3) is 5.91 Å². The van der Waals surface area contributed by atoms with Crippen LogP contribution in [0.3, 0.4) is 0 Å². The van der Waals surface area contributed by atoms with Crippen LogP contribution >= 0.6 is 11.6 Å². The molecule has 140 valence electrons. The Morgan fingerprint density at radius 2 is 1.69 bits per heavy atom. The van der Waals surface area contributed by atoms with E-state index >= 15 is 0 Å². The molecule has 0 saturated heterocycles. The van der Waals surface area contributed by atoms with Crippen LogP contribution in [0.25, 0.3) is 0 Å². The van der Waals surface area contributed by atoms with Gasteiger partial charge in [0.15, 0.2) is 6.10 Å². The lowest BCUT2D eigenvalue weighted by Gasteiger charge is -2.20. The Bertz CT molecular complexity index is 702. The number of aryl methyl sites for hydroxylation is 1. The Morgan fingerprint density at radius 1 is 1.08 bits per heavy atom. The Balaban J connectivity index is 1.74. The molecule has 0 spiro atoms. The van der Waals surface area contributed by atoms with Gasteiger partial charge in [-0.1, -0.05) is 56.6 Å². The van der Waals surface area contributed by atoms with E-state index in [2.05, 4.69) is 26.1 Å². The summed E-state index contributed by atoms with van der Waals surface area (Å²) in [6.07, 6.45) is 1.26. The van der Waals surface area contributed by atoms with Crippen LogP contribution in [0.4, 0.5) is 0 Å². The number of hydrogen-bond donors (Lipinski definition) is 1. The molecule has 0 fully saturated rings. The summed E-state index contributed by atoms with van der Waals surface area (Å²) in [5, 5.41) is 3.67. The number of nitrogens with one attached hydrogen (secondary N) is 1. The van der Waals surface area contributed by atoms with Gasteiger partial charge in [-0.25, -0.2) is 0 Å². The minimum absolute atomic E-state index is 0.0963. The van der Waals surface area contributed by atoms with Crippen molar-refractivity contribution >= 4 is 17.5 Å². The topological polar surface area (TPSA) is 38.3 Å². The minimum Gasteiger partial charge on any atom is -0.481 e. The average molecular weight is 374 g/mol. The Morgan fingerprint density at radius 3 is 2.27 bits per heavy atom. The van der Waals surface area contributed by atoms with Crippen molar-refractivity contribution in [3.8, 4) is 5.75 Å². The molecule has 4 heteroatoms. The molecule has 3 nitrogen and oxygen atoms in total. The van der Waals surface area contributed by atoms with Crippen LogP contribution in [0.2, 0.25) is 5.02 Å². The third kappa shape index (κ3) is 6.38. The first kappa shape index (κ1) is 20.3. The molecule has 2 rings (SSSR count). The summed E-state index contributed by atoms with van der Waals surface area (Å²) in [4.78, 5) is 12.2. The van der Waals surface area contributed by atoms with E-state index in [0.717, 1.165) is 17.9 Å². The quantitative estimate of drug-likeness (QED) is 0.681. The third-order valence-corrected chi connectivity index (χ3v) is 4.51. The number of amides is 1. The second kappa shape index (κ2) is 9.09. The van der Waals surface area contributed by atoms with Crippen molar-refractivity contribution in [2.45, 2.75) is 52.1 Å². The summed E-state index contributed by atoms with van der Waals surface area (Å²) in [5.41, 5.74) is 2.56. The number of ether oxygens (including phenoxy) is 1. The number of hydrogen-bond acceptors (Lipinski definition) is 2. The summed E-state index contributed by atoms with van der Waals surface area (Å²) in [6, 6.07) is 15.7. The Kier molecular flexibility index (Phi) is 7.10. The standard InChI is InChI=1S/C22H28ClNO2/c1-16(26-20-13-9-18(10-14-20)22(2,3)4)21(25)24-15-5-6-17-7-11-19(23)12-8-17/h7-14,16H,5-6,15H2,1-4H3,(H,24,25)/t16-/m0/s1. The molecular formula is C22H28ClNO2. The van der Waals surface area contributed by atoms with E-state index in [9.17, 15) is 4.79 Å². The van der Waals surface area contributed by atoms with E-state index in [1.54, 1.807) is 6.92 Å². The fraction of sp³-hybridized carbons (Fsp3) is 0.409. The third-order valence-electron chi connectivity index (χ3n) is 4.26. The maximum Gasteiger partial charge on any atom is 0.260 e. The van der Waals surface area contributed by atoms with Crippen LogP contribution < -0.4 is 10.1 Å². The molecule has 0 saturated carbocycles. The Hall–Kier alpha value is -2.00. The molecule has 2 aromatic rings. The number of benzene rings is 2. The second-order valence-corrected chi connectivity index (χ2v) is 7.99. The van der Waals surface area contributed by atoms with E-state index in [-0.39, 0.29) is 11.3 Å². The van der Waals surface area contributed by atoms with Gasteiger partial charge < -0.3 is 10.1 Å². The van der Waals surface area contributed by atoms with Crippen molar-refractivity contribution in [3.05, 3.63) is 64.7 Å². The SMILES string of the molecule is C[C@H](Oc1ccc(C(C)(C)C)cc1)C(=O)NCCCc1ccc(Cl)cc1. The van der Waals surface area contributed by atoms with Crippen molar-refractivity contribution in [1.29, 1.82) is 0 Å². The Labute approximate surface area is 161 Å². The number of rotatable bonds is 7. The molecule has 26 heavy (non-hydrogen) atoms. The van der Waals surface area contributed by atoms with E-state index in [4.69, 9.17) is 16.3 Å².